The lowest BCUT2D eigenvalue weighted by Crippen LogP contribution is -2.22. The molecule has 0 radical (unpaired) electrons. The number of hydrogen-bond donors (Lipinski definition) is 0. The molecule has 1 amide bonds. The lowest BCUT2D eigenvalue weighted by atomic mass is 10.1. The molecule has 0 fully saturated rings. The van der Waals surface area contributed by atoms with Gasteiger partial charge in [-0.25, -0.2) is 0 Å². The van der Waals surface area contributed by atoms with Gasteiger partial charge >= 0.3 is 0 Å². The van der Waals surface area contributed by atoms with Gasteiger partial charge in [0.1, 0.15) is 0 Å². The molecule has 0 spiro atoms. The molecule has 1 aromatic carbocycles. The van der Waals surface area contributed by atoms with Gasteiger partial charge in [-0.3, -0.25) is 9.59 Å². The highest BCUT2D eigenvalue weighted by Gasteiger charge is 2.20. The summed E-state index contributed by atoms with van der Waals surface area (Å²) in [6, 6.07) is 5.57. The van der Waals surface area contributed by atoms with Crippen LogP contribution < -0.4 is 4.90 Å². The summed E-state index contributed by atoms with van der Waals surface area (Å²) in [5.41, 5.74) is 2.73. The second-order valence-corrected chi connectivity index (χ2v) is 3.84. The number of Topliss-reactive ketones (excluding diaryl/α,β-unsaturated/α-hetero) is 1. The Labute approximate surface area is 88.7 Å². The number of carbonyl (C=O) groups excluding carboxylic acids is 2. The molecule has 0 saturated carbocycles. The van der Waals surface area contributed by atoms with E-state index in [1.807, 2.05) is 18.2 Å². The van der Waals surface area contributed by atoms with E-state index in [1.165, 1.54) is 6.92 Å². The average Bonchev–Trinajstić information content (AvgIpc) is 2.59. The van der Waals surface area contributed by atoms with Crippen LogP contribution in [0.25, 0.3) is 0 Å². The molecular formula is C12H13NO2. The number of fused-ring (bicyclic) bond motifs is 1. The molecule has 1 aromatic rings. The van der Waals surface area contributed by atoms with Crippen LogP contribution in [0.15, 0.2) is 18.2 Å². The third-order valence-electron chi connectivity index (χ3n) is 2.87. The Morgan fingerprint density at radius 3 is 2.73 bits per heavy atom. The minimum Gasteiger partial charge on any atom is -0.316 e. The molecule has 0 unspecified atom stereocenters. The number of benzene rings is 1. The molecule has 0 bridgehead atoms. The lowest BCUT2D eigenvalue weighted by Gasteiger charge is -2.15. The molecule has 3 heteroatoms. The summed E-state index contributed by atoms with van der Waals surface area (Å²) in [7, 11) is 1.74. The first-order valence-corrected chi connectivity index (χ1v) is 5.00. The zero-order chi connectivity index (χ0) is 11.0. The molecule has 3 nitrogen and oxygen atoms in total. The Morgan fingerprint density at radius 1 is 1.33 bits per heavy atom. The van der Waals surface area contributed by atoms with E-state index in [0.717, 1.165) is 23.2 Å². The van der Waals surface area contributed by atoms with Gasteiger partial charge in [0, 0.05) is 31.6 Å². The zero-order valence-corrected chi connectivity index (χ0v) is 8.91. The monoisotopic (exact) mass is 203 g/mol. The number of rotatable bonds is 1. The van der Waals surface area contributed by atoms with Crippen molar-refractivity contribution in [1.29, 1.82) is 0 Å². The van der Waals surface area contributed by atoms with E-state index < -0.39 is 0 Å². The molecule has 0 aliphatic heterocycles. The van der Waals surface area contributed by atoms with Crippen molar-refractivity contribution < 1.29 is 9.59 Å². The highest BCUT2D eigenvalue weighted by Crippen LogP contribution is 2.26. The first kappa shape index (κ1) is 9.90. The quantitative estimate of drug-likeness (QED) is 0.698. The van der Waals surface area contributed by atoms with E-state index in [4.69, 9.17) is 0 Å². The van der Waals surface area contributed by atoms with Crippen molar-refractivity contribution in [2.24, 2.45) is 0 Å². The second-order valence-electron chi connectivity index (χ2n) is 3.84. The van der Waals surface area contributed by atoms with Gasteiger partial charge < -0.3 is 4.90 Å². The SMILES string of the molecule is CC(=O)N(C)c1ccc2c(c1)CCC2=O. The van der Waals surface area contributed by atoms with E-state index in [1.54, 1.807) is 11.9 Å². The fourth-order valence-electron chi connectivity index (χ4n) is 1.83. The summed E-state index contributed by atoms with van der Waals surface area (Å²) < 4.78 is 0. The van der Waals surface area contributed by atoms with Crippen molar-refractivity contribution in [3.63, 3.8) is 0 Å². The summed E-state index contributed by atoms with van der Waals surface area (Å²) in [4.78, 5) is 24.2. The Bertz CT molecular complexity index is 437. The lowest BCUT2D eigenvalue weighted by molar-refractivity contribution is -0.116. The van der Waals surface area contributed by atoms with Crippen LogP contribution in [0, 0.1) is 0 Å². The number of amides is 1. The molecule has 0 atom stereocenters. The normalized spacial score (nSPS) is 13.9. The van der Waals surface area contributed by atoms with Crippen molar-refractivity contribution in [1.82, 2.24) is 0 Å². The van der Waals surface area contributed by atoms with Crippen molar-refractivity contribution >= 4 is 17.4 Å². The van der Waals surface area contributed by atoms with Gasteiger partial charge in [0.25, 0.3) is 0 Å². The van der Waals surface area contributed by atoms with Crippen LogP contribution in [0.2, 0.25) is 0 Å². The van der Waals surface area contributed by atoms with Crippen molar-refractivity contribution in [2.75, 3.05) is 11.9 Å². The number of carbonyl (C=O) groups is 2. The van der Waals surface area contributed by atoms with Gasteiger partial charge in [0.05, 0.1) is 0 Å². The van der Waals surface area contributed by atoms with Gasteiger partial charge in [-0.05, 0) is 30.2 Å². The maximum atomic E-state index is 11.4. The average molecular weight is 203 g/mol. The van der Waals surface area contributed by atoms with Crippen molar-refractivity contribution in [2.45, 2.75) is 19.8 Å². The van der Waals surface area contributed by atoms with Crippen LogP contribution in [0.5, 0.6) is 0 Å². The fourth-order valence-corrected chi connectivity index (χ4v) is 1.83. The summed E-state index contributed by atoms with van der Waals surface area (Å²) in [5, 5.41) is 0. The Morgan fingerprint density at radius 2 is 2.07 bits per heavy atom. The molecule has 0 aromatic heterocycles. The molecule has 0 N–H and O–H groups in total. The maximum absolute atomic E-state index is 11.4. The maximum Gasteiger partial charge on any atom is 0.223 e. The molecule has 1 aliphatic rings. The van der Waals surface area contributed by atoms with Gasteiger partial charge in [-0.1, -0.05) is 0 Å². The standard InChI is InChI=1S/C12H13NO2/c1-8(14)13(2)10-4-5-11-9(7-10)3-6-12(11)15/h4-5,7H,3,6H2,1-2H3. The smallest absolute Gasteiger partial charge is 0.223 e. The number of hydrogen-bond acceptors (Lipinski definition) is 2. The molecular weight excluding hydrogens is 190 g/mol. The predicted molar refractivity (Wildman–Crippen MR) is 58.2 cm³/mol. The minimum atomic E-state index is -0.000673. The number of aryl methyl sites for hydroxylation is 1. The van der Waals surface area contributed by atoms with Gasteiger partial charge in [0.2, 0.25) is 5.91 Å². The number of ketones is 1. The molecule has 78 valence electrons. The van der Waals surface area contributed by atoms with Crippen molar-refractivity contribution in [3.8, 4) is 0 Å². The summed E-state index contributed by atoms with van der Waals surface area (Å²) >= 11 is 0. The molecule has 0 saturated heterocycles. The van der Waals surface area contributed by atoms with E-state index in [2.05, 4.69) is 0 Å². The number of nitrogens with zero attached hydrogens (tertiary/aromatic N) is 1. The first-order valence-electron chi connectivity index (χ1n) is 5.00. The van der Waals surface area contributed by atoms with Crippen LogP contribution in [0.4, 0.5) is 5.69 Å². The third kappa shape index (κ3) is 1.65. The van der Waals surface area contributed by atoms with Gasteiger partial charge in [0.15, 0.2) is 5.78 Å². The van der Waals surface area contributed by atoms with E-state index in [-0.39, 0.29) is 11.7 Å². The van der Waals surface area contributed by atoms with Crippen molar-refractivity contribution in [3.05, 3.63) is 29.3 Å². The van der Waals surface area contributed by atoms with Crippen LogP contribution in [0.3, 0.4) is 0 Å². The van der Waals surface area contributed by atoms with E-state index in [9.17, 15) is 9.59 Å². The van der Waals surface area contributed by atoms with Gasteiger partial charge in [-0.2, -0.15) is 0 Å². The molecule has 2 rings (SSSR count). The third-order valence-corrected chi connectivity index (χ3v) is 2.87. The topological polar surface area (TPSA) is 37.4 Å². The minimum absolute atomic E-state index is 0.000673. The Balaban J connectivity index is 2.39. The second kappa shape index (κ2) is 3.50. The summed E-state index contributed by atoms with van der Waals surface area (Å²) in [6.07, 6.45) is 1.40. The van der Waals surface area contributed by atoms with Crippen LogP contribution >= 0.6 is 0 Å². The largest absolute Gasteiger partial charge is 0.316 e. The van der Waals surface area contributed by atoms with E-state index in [0.29, 0.717) is 6.42 Å². The zero-order valence-electron chi connectivity index (χ0n) is 8.91. The summed E-state index contributed by atoms with van der Waals surface area (Å²) in [6.45, 7) is 1.53. The molecule has 1 aliphatic carbocycles. The van der Waals surface area contributed by atoms with Crippen LogP contribution in [-0.4, -0.2) is 18.7 Å². The Hall–Kier alpha value is -1.64. The molecule has 15 heavy (non-hydrogen) atoms. The number of anilines is 1. The highest BCUT2D eigenvalue weighted by atomic mass is 16.2. The van der Waals surface area contributed by atoms with Crippen LogP contribution in [0.1, 0.15) is 29.3 Å². The Kier molecular flexibility index (Phi) is 2.31. The fraction of sp³-hybridized carbons (Fsp3) is 0.333. The van der Waals surface area contributed by atoms with E-state index >= 15 is 0 Å². The molecule has 0 heterocycles. The summed E-state index contributed by atoms with van der Waals surface area (Å²) in [5.74, 6) is 0.210. The van der Waals surface area contributed by atoms with Gasteiger partial charge in [-0.15, -0.1) is 0 Å². The highest BCUT2D eigenvalue weighted by molar-refractivity contribution is 6.01. The predicted octanol–water partition coefficient (Wildman–Crippen LogP) is 1.80. The van der Waals surface area contributed by atoms with Crippen LogP contribution in [-0.2, 0) is 11.2 Å². The first-order chi connectivity index (χ1) is 7.09.